The van der Waals surface area contributed by atoms with Crippen LogP contribution in [-0.2, 0) is 0 Å². The lowest BCUT2D eigenvalue weighted by Gasteiger charge is -1.62. The van der Waals surface area contributed by atoms with E-state index >= 15 is 0 Å². The Bertz CT molecular complexity index is 21.6. The maximum Gasteiger partial charge on any atom is 0.0444 e. The molecule has 0 bridgehead atoms. The van der Waals surface area contributed by atoms with Crippen LogP contribution in [0.5, 0.6) is 0 Å². The minimum Gasteiger partial charge on any atom is -0.0916 e. The first-order chi connectivity index (χ1) is 2.27. The summed E-state index contributed by atoms with van der Waals surface area (Å²) in [5.41, 5.74) is 0. The minimum atomic E-state index is 0.484. The molecule has 0 nitrogen and oxygen atoms in total. The highest BCUT2D eigenvalue weighted by atomic mass is 79.9. The molecule has 25 valence electrons. The highest BCUT2D eigenvalue weighted by Crippen LogP contribution is 1.90. The van der Waals surface area contributed by atoms with Gasteiger partial charge < -0.3 is 0 Å². The summed E-state index contributed by atoms with van der Waals surface area (Å²) >= 11 is 5.95. The molecule has 0 saturated carbocycles. The third kappa shape index (κ3) is 2.96. The monoisotopic (exact) mass is 186 g/mol. The molecule has 0 aliphatic heterocycles. The molecule has 0 aromatic carbocycles. The van der Waals surface area contributed by atoms with E-state index in [4.69, 9.17) is 1.37 Å². The van der Waals surface area contributed by atoms with E-state index in [0.717, 1.165) is 0 Å². The van der Waals surface area contributed by atoms with Crippen LogP contribution >= 0.6 is 31.9 Å². The zero-order valence-corrected chi connectivity index (χ0v) is 5.14. The smallest absolute Gasteiger partial charge is 0.0444 e. The normalized spacial score (nSPS) is 12.2. The van der Waals surface area contributed by atoms with Crippen LogP contribution in [0.15, 0.2) is 0 Å². The zero-order chi connectivity index (χ0) is 4.28. The lowest BCUT2D eigenvalue weighted by molar-refractivity contribution is 1.83. The summed E-state index contributed by atoms with van der Waals surface area (Å²) < 4.78 is 6.61. The summed E-state index contributed by atoms with van der Waals surface area (Å²) in [4.78, 5) is 0. The van der Waals surface area contributed by atoms with Crippen LogP contribution in [0.25, 0.3) is 0 Å². The van der Waals surface area contributed by atoms with Crippen LogP contribution in [0, 0.1) is 5.31 Å². The Morgan fingerprint density at radius 3 is 2.50 bits per heavy atom. The Morgan fingerprint density at radius 1 is 2.25 bits per heavy atom. The summed E-state index contributed by atoms with van der Waals surface area (Å²) in [6.07, 6.45) is 0. The Labute approximate surface area is 44.2 Å². The van der Waals surface area contributed by atoms with E-state index in [9.17, 15) is 0 Å². The van der Waals surface area contributed by atoms with Crippen LogP contribution in [0.3, 0.4) is 0 Å². The fraction of sp³-hybridized carbons (Fsp3) is 0.500. The number of hydrogen-bond donors (Lipinski definition) is 0. The van der Waals surface area contributed by atoms with Crippen molar-refractivity contribution in [1.82, 2.24) is 0 Å². The van der Waals surface area contributed by atoms with Gasteiger partial charge in [0, 0.05) is 12.0 Å². The molecule has 0 unspecified atom stereocenters. The van der Waals surface area contributed by atoms with Crippen molar-refractivity contribution in [2.24, 2.45) is 0 Å². The summed E-state index contributed by atoms with van der Waals surface area (Å²) in [6, 6.07) is 0. The van der Waals surface area contributed by atoms with Gasteiger partial charge in [0.25, 0.3) is 0 Å². The fourth-order valence-corrected chi connectivity index (χ4v) is 0. The van der Waals surface area contributed by atoms with Gasteiger partial charge in [0.1, 0.15) is 0 Å². The molecule has 0 amide bonds. The third-order valence-electron chi connectivity index (χ3n) is 0.0505. The van der Waals surface area contributed by atoms with Crippen molar-refractivity contribution in [3.63, 3.8) is 0 Å². The van der Waals surface area contributed by atoms with Gasteiger partial charge in [-0.15, -0.1) is 0 Å². The summed E-state index contributed by atoms with van der Waals surface area (Å²) in [5, 5.41) is 1.10. The van der Waals surface area contributed by atoms with Crippen molar-refractivity contribution in [2.75, 3.05) is 5.33 Å². The van der Waals surface area contributed by atoms with Gasteiger partial charge in [-0.25, -0.2) is 0 Å². The Kier molecular flexibility index (Phi) is 3.13. The maximum absolute atomic E-state index is 6.61. The van der Waals surface area contributed by atoms with Gasteiger partial charge in [0.15, 0.2) is 0 Å². The van der Waals surface area contributed by atoms with Gasteiger partial charge in [-0.05, 0) is 0 Å². The van der Waals surface area contributed by atoms with Gasteiger partial charge in [-0.1, -0.05) is 31.9 Å². The van der Waals surface area contributed by atoms with Crippen molar-refractivity contribution in [1.29, 1.82) is 0 Å². The molecule has 0 spiro atoms. The molecule has 2 heteroatoms. The van der Waals surface area contributed by atoms with Crippen LogP contribution in [0.4, 0.5) is 0 Å². The second-order valence-corrected chi connectivity index (χ2v) is 1.39. The molecule has 0 atom stereocenters. The van der Waals surface area contributed by atoms with E-state index in [1.54, 1.807) is 0 Å². The molecular formula is C2H3Br2. The van der Waals surface area contributed by atoms with E-state index in [0.29, 0.717) is 10.6 Å². The van der Waals surface area contributed by atoms with Crippen molar-refractivity contribution in [2.45, 2.75) is 0 Å². The molecule has 0 aliphatic rings. The van der Waals surface area contributed by atoms with Crippen LogP contribution in [0.2, 0.25) is 0 Å². The second-order valence-electron chi connectivity index (χ2n) is 0.267. The molecule has 0 N–H and O–H groups in total. The van der Waals surface area contributed by atoms with Crippen LogP contribution in [-0.4, -0.2) is 5.33 Å². The predicted octanol–water partition coefficient (Wildman–Crippen LogP) is 1.94. The quantitative estimate of drug-likeness (QED) is 0.551. The summed E-state index contributed by atoms with van der Waals surface area (Å²) in [6.45, 7) is 0. The molecule has 0 fully saturated rings. The average molecular weight is 188 g/mol. The molecule has 4 heavy (non-hydrogen) atoms. The van der Waals surface area contributed by atoms with Crippen LogP contribution < -0.4 is 0 Å². The number of halogens is 2. The lowest BCUT2D eigenvalue weighted by Crippen LogP contribution is -1.50. The van der Waals surface area contributed by atoms with Gasteiger partial charge >= 0.3 is 0 Å². The molecule has 0 heterocycles. The second kappa shape index (κ2) is 3.96. The number of rotatable bonds is 1. The highest BCUT2D eigenvalue weighted by molar-refractivity contribution is 9.12. The molecule has 0 aliphatic carbocycles. The minimum absolute atomic E-state index is 0.484. The summed E-state index contributed by atoms with van der Waals surface area (Å²) in [5.74, 6) is 0. The van der Waals surface area contributed by atoms with Gasteiger partial charge in [-0.3, -0.25) is 0 Å². The average Bonchev–Trinajstić information content (AvgIpc) is 1.38. The SMILES string of the molecule is [2H][C](Br)CBr. The molecule has 0 saturated heterocycles. The Morgan fingerprint density at radius 2 is 2.50 bits per heavy atom. The largest absolute Gasteiger partial charge is 0.0916 e. The molecule has 0 aromatic heterocycles. The molecule has 0 aromatic rings. The van der Waals surface area contributed by atoms with E-state index in [1.165, 1.54) is 0 Å². The number of alkyl halides is 1. The lowest BCUT2D eigenvalue weighted by atomic mass is 11.0. The first kappa shape index (κ1) is 3.16. The van der Waals surface area contributed by atoms with Crippen molar-refractivity contribution < 1.29 is 1.37 Å². The topological polar surface area (TPSA) is 0 Å². The first-order valence-corrected chi connectivity index (χ1v) is 2.72. The van der Waals surface area contributed by atoms with E-state index in [2.05, 4.69) is 31.9 Å². The Balaban J connectivity index is 2.54. The zero-order valence-electron chi connectivity index (χ0n) is 2.96. The number of hydrogen-bond acceptors (Lipinski definition) is 0. The first-order valence-electron chi connectivity index (χ1n) is 1.31. The Hall–Kier alpha value is 0.960. The van der Waals surface area contributed by atoms with Gasteiger partial charge in [0.2, 0.25) is 0 Å². The third-order valence-corrected chi connectivity index (χ3v) is 1.36. The highest BCUT2D eigenvalue weighted by Gasteiger charge is 1.62. The van der Waals surface area contributed by atoms with Crippen molar-refractivity contribution in [3.8, 4) is 0 Å². The summed E-state index contributed by atoms with van der Waals surface area (Å²) in [7, 11) is 0. The predicted molar refractivity (Wildman–Crippen MR) is 27.0 cm³/mol. The van der Waals surface area contributed by atoms with Crippen molar-refractivity contribution >= 4 is 31.9 Å². The van der Waals surface area contributed by atoms with E-state index in [1.807, 2.05) is 0 Å². The van der Waals surface area contributed by atoms with Crippen molar-refractivity contribution in [3.05, 3.63) is 5.31 Å². The van der Waals surface area contributed by atoms with Crippen LogP contribution in [0.1, 0.15) is 1.37 Å². The van der Waals surface area contributed by atoms with Gasteiger partial charge in [-0.2, -0.15) is 0 Å². The molecular weight excluding hydrogens is 184 g/mol. The fourth-order valence-electron chi connectivity index (χ4n) is 0. The molecule has 0 rings (SSSR count). The van der Waals surface area contributed by atoms with E-state index < -0.39 is 0 Å². The maximum atomic E-state index is 6.61. The standard InChI is InChI=1S/C2H3Br2/c3-1-2-4/h1H,2H2/i1D. The molecule has 1 radical (unpaired) electrons. The van der Waals surface area contributed by atoms with E-state index in [-0.39, 0.29) is 0 Å². The van der Waals surface area contributed by atoms with Gasteiger partial charge in [0.05, 0.1) is 0 Å².